The van der Waals surface area contributed by atoms with Crippen molar-refractivity contribution in [3.05, 3.63) is 38.8 Å². The van der Waals surface area contributed by atoms with E-state index in [4.69, 9.17) is 0 Å². The molecule has 84 valence electrons. The molecule has 0 spiro atoms. The number of carbonyl (C=O) groups excluding carboxylic acids is 1. The van der Waals surface area contributed by atoms with Crippen LogP contribution in [-0.2, 0) is 0 Å². The third-order valence-corrected chi connectivity index (χ3v) is 3.58. The van der Waals surface area contributed by atoms with E-state index in [2.05, 4.69) is 31.9 Å². The van der Waals surface area contributed by atoms with Gasteiger partial charge in [-0.3, -0.25) is 4.79 Å². The monoisotopic (exact) mass is 345 g/mol. The van der Waals surface area contributed by atoms with Crippen LogP contribution >= 0.6 is 31.9 Å². The molecular weight excluding hydrogens is 338 g/mol. The zero-order valence-electron chi connectivity index (χ0n) is 8.28. The molecule has 0 atom stereocenters. The van der Waals surface area contributed by atoms with Crippen LogP contribution in [0.2, 0.25) is 0 Å². The van der Waals surface area contributed by atoms with Gasteiger partial charge in [-0.2, -0.15) is 0 Å². The number of benzene rings is 1. The second-order valence-corrected chi connectivity index (χ2v) is 5.18. The van der Waals surface area contributed by atoms with Gasteiger partial charge in [-0.05, 0) is 44.0 Å². The molecule has 3 nitrogen and oxygen atoms in total. The summed E-state index contributed by atoms with van der Waals surface area (Å²) in [4.78, 5) is 13.8. The summed E-state index contributed by atoms with van der Waals surface area (Å²) in [5.41, 5.74) is 0.556. The van der Waals surface area contributed by atoms with Gasteiger partial charge < -0.3 is 10.0 Å². The van der Waals surface area contributed by atoms with Crippen molar-refractivity contribution < 1.29 is 9.90 Å². The Morgan fingerprint density at radius 2 is 1.69 bits per heavy atom. The highest BCUT2D eigenvalue weighted by Crippen LogP contribution is 2.33. The first-order chi connectivity index (χ1) is 7.59. The second kappa shape index (κ2) is 4.59. The molecule has 0 unspecified atom stereocenters. The maximum absolute atomic E-state index is 12.0. The van der Waals surface area contributed by atoms with Crippen molar-refractivity contribution in [1.82, 2.24) is 4.90 Å². The molecule has 0 fully saturated rings. The number of hydrogen-bond acceptors (Lipinski definition) is 2. The molecule has 1 heterocycles. The van der Waals surface area contributed by atoms with Crippen LogP contribution in [0.3, 0.4) is 0 Å². The van der Waals surface area contributed by atoms with Crippen molar-refractivity contribution in [3.63, 3.8) is 0 Å². The van der Waals surface area contributed by atoms with E-state index >= 15 is 0 Å². The molecule has 0 radical (unpaired) electrons. The van der Waals surface area contributed by atoms with Crippen LogP contribution in [0.15, 0.2) is 33.2 Å². The van der Waals surface area contributed by atoms with E-state index in [9.17, 15) is 9.90 Å². The summed E-state index contributed by atoms with van der Waals surface area (Å²) in [5.74, 6) is 0.0718. The molecule has 16 heavy (non-hydrogen) atoms. The smallest absolute Gasteiger partial charge is 0.254 e. The quantitative estimate of drug-likeness (QED) is 0.794. The van der Waals surface area contributed by atoms with Crippen molar-refractivity contribution in [1.29, 1.82) is 0 Å². The number of phenols is 1. The van der Waals surface area contributed by atoms with Crippen LogP contribution in [0.25, 0.3) is 0 Å². The molecule has 0 bridgehead atoms. The highest BCUT2D eigenvalue weighted by molar-refractivity contribution is 9.11. The zero-order chi connectivity index (χ0) is 11.7. The normalized spacial score (nSPS) is 14.5. The van der Waals surface area contributed by atoms with Gasteiger partial charge in [-0.1, -0.05) is 12.2 Å². The Balaban J connectivity index is 2.30. The van der Waals surface area contributed by atoms with Crippen molar-refractivity contribution in [3.8, 4) is 5.75 Å². The van der Waals surface area contributed by atoms with Crippen LogP contribution < -0.4 is 0 Å². The van der Waals surface area contributed by atoms with Gasteiger partial charge in [0.2, 0.25) is 0 Å². The Morgan fingerprint density at radius 1 is 1.19 bits per heavy atom. The van der Waals surface area contributed by atoms with Gasteiger partial charge in [0.25, 0.3) is 5.91 Å². The Bertz CT molecular complexity index is 440. The summed E-state index contributed by atoms with van der Waals surface area (Å²) >= 11 is 6.41. The van der Waals surface area contributed by atoms with Crippen molar-refractivity contribution in [2.45, 2.75) is 0 Å². The Hall–Kier alpha value is -0.810. The summed E-state index contributed by atoms with van der Waals surface area (Å²) in [5, 5.41) is 9.55. The van der Waals surface area contributed by atoms with Crippen LogP contribution in [0.5, 0.6) is 5.75 Å². The number of rotatable bonds is 1. The lowest BCUT2D eigenvalue weighted by molar-refractivity contribution is 0.0800. The largest absolute Gasteiger partial charge is 0.506 e. The number of nitrogens with zero attached hydrogens (tertiary/aromatic N) is 1. The number of phenolic OH excluding ortho intramolecular Hbond substituents is 1. The second-order valence-electron chi connectivity index (χ2n) is 3.47. The lowest BCUT2D eigenvalue weighted by atomic mass is 10.2. The van der Waals surface area contributed by atoms with Gasteiger partial charge in [-0.25, -0.2) is 0 Å². The number of aromatic hydroxyl groups is 1. The first-order valence-electron chi connectivity index (χ1n) is 4.72. The standard InChI is InChI=1S/C11H9Br2NO2/c12-8-5-7(6-9(13)10(8)15)11(16)14-3-1-2-4-14/h1-2,5-6,15H,3-4H2. The van der Waals surface area contributed by atoms with E-state index < -0.39 is 0 Å². The fraction of sp³-hybridized carbons (Fsp3) is 0.182. The number of hydrogen-bond donors (Lipinski definition) is 1. The highest BCUT2D eigenvalue weighted by Gasteiger charge is 2.18. The third-order valence-electron chi connectivity index (χ3n) is 2.37. The zero-order valence-corrected chi connectivity index (χ0v) is 11.5. The van der Waals surface area contributed by atoms with Gasteiger partial charge in [0.1, 0.15) is 5.75 Å². The summed E-state index contributed by atoms with van der Waals surface area (Å²) < 4.78 is 1.02. The number of amides is 1. The first kappa shape index (κ1) is 11.7. The molecule has 0 aromatic heterocycles. The topological polar surface area (TPSA) is 40.5 Å². The first-order valence-corrected chi connectivity index (χ1v) is 6.30. The third kappa shape index (κ3) is 2.15. The van der Waals surface area contributed by atoms with E-state index in [1.165, 1.54) is 0 Å². The van der Waals surface area contributed by atoms with E-state index in [0.717, 1.165) is 0 Å². The average molecular weight is 347 g/mol. The maximum Gasteiger partial charge on any atom is 0.254 e. The lowest BCUT2D eigenvalue weighted by Crippen LogP contribution is -2.28. The average Bonchev–Trinajstić information content (AvgIpc) is 2.77. The minimum Gasteiger partial charge on any atom is -0.506 e. The number of halogens is 2. The Morgan fingerprint density at radius 3 is 2.19 bits per heavy atom. The van der Waals surface area contributed by atoms with Gasteiger partial charge >= 0.3 is 0 Å². The lowest BCUT2D eigenvalue weighted by Gasteiger charge is -2.16. The minimum absolute atomic E-state index is 0.0357. The highest BCUT2D eigenvalue weighted by atomic mass is 79.9. The molecule has 1 N–H and O–H groups in total. The van der Waals surface area contributed by atoms with Crippen molar-refractivity contribution >= 4 is 37.8 Å². The molecule has 0 saturated heterocycles. The predicted octanol–water partition coefficient (Wildman–Crippen LogP) is 2.93. The van der Waals surface area contributed by atoms with Crippen molar-refractivity contribution in [2.75, 3.05) is 13.1 Å². The van der Waals surface area contributed by atoms with Crippen LogP contribution in [0.4, 0.5) is 0 Å². The molecule has 1 aromatic carbocycles. The van der Waals surface area contributed by atoms with Crippen LogP contribution in [-0.4, -0.2) is 29.0 Å². The fourth-order valence-corrected chi connectivity index (χ4v) is 2.70. The molecule has 1 aliphatic rings. The summed E-state index contributed by atoms with van der Waals surface area (Å²) in [6, 6.07) is 3.25. The van der Waals surface area contributed by atoms with E-state index in [-0.39, 0.29) is 11.7 Å². The summed E-state index contributed by atoms with van der Waals surface area (Å²) in [6.07, 6.45) is 3.92. The molecule has 5 heteroatoms. The fourth-order valence-electron chi connectivity index (χ4n) is 1.52. The Labute approximate surface area is 110 Å². The van der Waals surface area contributed by atoms with E-state index in [1.54, 1.807) is 17.0 Å². The number of carbonyl (C=O) groups is 1. The van der Waals surface area contributed by atoms with Crippen LogP contribution in [0.1, 0.15) is 10.4 Å². The molecule has 1 amide bonds. The molecule has 1 aliphatic heterocycles. The van der Waals surface area contributed by atoms with Crippen molar-refractivity contribution in [2.24, 2.45) is 0 Å². The molecule has 0 saturated carbocycles. The summed E-state index contributed by atoms with van der Waals surface area (Å²) in [7, 11) is 0. The van der Waals surface area contributed by atoms with Gasteiger partial charge in [-0.15, -0.1) is 0 Å². The van der Waals surface area contributed by atoms with Gasteiger partial charge in [0, 0.05) is 18.7 Å². The van der Waals surface area contributed by atoms with Gasteiger partial charge in [0.05, 0.1) is 8.95 Å². The van der Waals surface area contributed by atoms with Gasteiger partial charge in [0.15, 0.2) is 0 Å². The molecular formula is C11H9Br2NO2. The molecule has 2 rings (SSSR count). The SMILES string of the molecule is O=C(c1cc(Br)c(O)c(Br)c1)N1CC=CC1. The van der Waals surface area contributed by atoms with Crippen LogP contribution in [0, 0.1) is 0 Å². The Kier molecular flexibility index (Phi) is 3.35. The molecule has 0 aliphatic carbocycles. The molecule has 1 aromatic rings. The minimum atomic E-state index is -0.0357. The maximum atomic E-state index is 12.0. The van der Waals surface area contributed by atoms with E-state index in [1.807, 2.05) is 12.2 Å². The summed E-state index contributed by atoms with van der Waals surface area (Å²) in [6.45, 7) is 1.30. The predicted molar refractivity (Wildman–Crippen MR) is 68.6 cm³/mol. The van der Waals surface area contributed by atoms with E-state index in [0.29, 0.717) is 27.6 Å².